The van der Waals surface area contributed by atoms with Crippen LogP contribution in [0.2, 0.25) is 0 Å². The number of hydrogen-bond donors (Lipinski definition) is 2. The Morgan fingerprint density at radius 3 is 2.46 bits per heavy atom. The molecule has 3 N–H and O–H groups in total. The number of halogens is 3. The fraction of sp³-hybridized carbons (Fsp3) is 0.192. The van der Waals surface area contributed by atoms with Crippen molar-refractivity contribution in [2.75, 3.05) is 0 Å². The lowest BCUT2D eigenvalue weighted by atomic mass is 9.95. The van der Waals surface area contributed by atoms with Crippen molar-refractivity contribution in [1.29, 1.82) is 0 Å². The smallest absolute Gasteiger partial charge is 0.344 e. The first kappa shape index (κ1) is 24.6. The number of thiazole rings is 1. The molecule has 0 aliphatic carbocycles. The molecule has 0 saturated heterocycles. The van der Waals surface area contributed by atoms with E-state index in [1.165, 1.54) is 17.4 Å². The molecule has 0 aliphatic rings. The lowest BCUT2D eigenvalue weighted by Crippen LogP contribution is -2.27. The number of benzene rings is 2. The summed E-state index contributed by atoms with van der Waals surface area (Å²) in [5.41, 5.74) is 9.36. The third-order valence-corrected chi connectivity index (χ3v) is 6.41. The summed E-state index contributed by atoms with van der Waals surface area (Å²) in [7, 11) is 0. The minimum atomic E-state index is -4.44. The molecule has 0 aliphatic heterocycles. The Labute approximate surface area is 204 Å². The molecule has 2 heterocycles. The van der Waals surface area contributed by atoms with Crippen molar-refractivity contribution in [3.05, 3.63) is 93.6 Å². The van der Waals surface area contributed by atoms with Gasteiger partial charge in [0.25, 0.3) is 5.91 Å². The van der Waals surface area contributed by atoms with Gasteiger partial charge in [0.15, 0.2) is 0 Å². The van der Waals surface area contributed by atoms with Gasteiger partial charge in [-0.05, 0) is 60.4 Å². The summed E-state index contributed by atoms with van der Waals surface area (Å²) in [5, 5.41) is 5.78. The number of pyridine rings is 1. The van der Waals surface area contributed by atoms with Crippen LogP contribution in [0, 0.1) is 6.92 Å². The highest BCUT2D eigenvalue weighted by Gasteiger charge is 2.31. The van der Waals surface area contributed by atoms with Crippen LogP contribution in [0.5, 0.6) is 0 Å². The number of hydrogen-bond acceptors (Lipinski definition) is 5. The SMILES string of the molecule is Cc1nc(-c2ccnc(C(=O)N[C@H](C)c3ccc(-c4cc(C(F)(F)F)ccc4CN)cc3)c2)cs1. The van der Waals surface area contributed by atoms with E-state index in [0.29, 0.717) is 16.7 Å². The number of nitrogens with two attached hydrogens (primary N) is 1. The topological polar surface area (TPSA) is 80.9 Å². The number of alkyl halides is 3. The quantitative estimate of drug-likeness (QED) is 0.336. The van der Waals surface area contributed by atoms with Gasteiger partial charge in [-0.25, -0.2) is 4.98 Å². The third kappa shape index (κ3) is 5.58. The van der Waals surface area contributed by atoms with Gasteiger partial charge in [-0.15, -0.1) is 11.3 Å². The number of aromatic nitrogens is 2. The Hall–Kier alpha value is -3.56. The van der Waals surface area contributed by atoms with Gasteiger partial charge < -0.3 is 11.1 Å². The maximum atomic E-state index is 13.2. The number of carbonyl (C=O) groups is 1. The molecule has 0 saturated carbocycles. The van der Waals surface area contributed by atoms with E-state index in [1.54, 1.807) is 42.6 Å². The molecule has 1 amide bonds. The Morgan fingerprint density at radius 2 is 1.83 bits per heavy atom. The van der Waals surface area contributed by atoms with Crippen molar-refractivity contribution >= 4 is 17.2 Å². The highest BCUT2D eigenvalue weighted by atomic mass is 32.1. The minimum absolute atomic E-state index is 0.119. The first-order valence-electron chi connectivity index (χ1n) is 10.9. The van der Waals surface area contributed by atoms with Crippen LogP contribution in [-0.2, 0) is 12.7 Å². The van der Waals surface area contributed by atoms with Gasteiger partial charge >= 0.3 is 6.18 Å². The molecule has 2 aromatic carbocycles. The van der Waals surface area contributed by atoms with Gasteiger partial charge in [0.1, 0.15) is 5.69 Å². The van der Waals surface area contributed by atoms with Crippen LogP contribution in [0.1, 0.15) is 45.2 Å². The predicted molar refractivity (Wildman–Crippen MR) is 131 cm³/mol. The summed E-state index contributed by atoms with van der Waals surface area (Å²) in [5.74, 6) is -0.335. The van der Waals surface area contributed by atoms with Gasteiger partial charge in [-0.2, -0.15) is 13.2 Å². The number of nitrogens with one attached hydrogen (secondary N) is 1. The van der Waals surface area contributed by atoms with Crippen molar-refractivity contribution in [2.24, 2.45) is 5.73 Å². The molecule has 0 fully saturated rings. The van der Waals surface area contributed by atoms with Gasteiger partial charge in [-0.3, -0.25) is 9.78 Å². The first-order chi connectivity index (χ1) is 16.7. The Balaban J connectivity index is 1.51. The predicted octanol–water partition coefficient (Wildman–Crippen LogP) is 6.15. The van der Waals surface area contributed by atoms with Crippen molar-refractivity contribution in [2.45, 2.75) is 32.6 Å². The summed E-state index contributed by atoms with van der Waals surface area (Å²) < 4.78 is 39.6. The zero-order valence-corrected chi connectivity index (χ0v) is 19.9. The molecule has 0 unspecified atom stereocenters. The van der Waals surface area contributed by atoms with Crippen molar-refractivity contribution in [3.63, 3.8) is 0 Å². The zero-order valence-electron chi connectivity index (χ0n) is 19.1. The van der Waals surface area contributed by atoms with E-state index in [0.717, 1.165) is 34.0 Å². The standard InChI is InChI=1S/C26H23F3N4OS/c1-15(32-25(34)23-11-19(9-10-31-23)24-14-35-16(2)33-24)17-3-5-18(6-4-17)22-12-21(26(27,28)29)8-7-20(22)13-30/h3-12,14-15H,13,30H2,1-2H3,(H,32,34)/t15-/m1/s1. The molecule has 2 aromatic heterocycles. The maximum Gasteiger partial charge on any atom is 0.416 e. The average Bonchev–Trinajstić information content (AvgIpc) is 3.29. The van der Waals surface area contributed by atoms with Crippen LogP contribution in [0.3, 0.4) is 0 Å². The highest BCUT2D eigenvalue weighted by Crippen LogP contribution is 2.34. The zero-order chi connectivity index (χ0) is 25.2. The maximum absolute atomic E-state index is 13.2. The van der Waals surface area contributed by atoms with Crippen LogP contribution < -0.4 is 11.1 Å². The molecule has 180 valence electrons. The highest BCUT2D eigenvalue weighted by molar-refractivity contribution is 7.09. The molecule has 9 heteroatoms. The molecule has 5 nitrogen and oxygen atoms in total. The molecule has 1 atom stereocenters. The lowest BCUT2D eigenvalue weighted by Gasteiger charge is -2.16. The second-order valence-electron chi connectivity index (χ2n) is 8.07. The summed E-state index contributed by atoms with van der Waals surface area (Å²) in [6.45, 7) is 3.87. The Kier molecular flexibility index (Phi) is 7.00. The molecule has 0 bridgehead atoms. The van der Waals surface area contributed by atoms with E-state index in [2.05, 4.69) is 15.3 Å². The second kappa shape index (κ2) is 9.97. The minimum Gasteiger partial charge on any atom is -0.344 e. The molecule has 4 aromatic rings. The van der Waals surface area contributed by atoms with Gasteiger partial charge in [0, 0.05) is 23.7 Å². The van der Waals surface area contributed by atoms with Crippen LogP contribution in [-0.4, -0.2) is 15.9 Å². The van der Waals surface area contributed by atoms with Gasteiger partial charge in [0.05, 0.1) is 22.3 Å². The summed E-state index contributed by atoms with van der Waals surface area (Å²) in [6.07, 6.45) is -2.87. The van der Waals surface area contributed by atoms with Crippen LogP contribution >= 0.6 is 11.3 Å². The molecule has 0 spiro atoms. The molecular formula is C26H23F3N4OS. The lowest BCUT2D eigenvalue weighted by molar-refractivity contribution is -0.137. The number of aryl methyl sites for hydroxylation is 1. The average molecular weight is 497 g/mol. The number of rotatable bonds is 6. The van der Waals surface area contributed by atoms with Crippen molar-refractivity contribution in [3.8, 4) is 22.4 Å². The second-order valence-corrected chi connectivity index (χ2v) is 9.13. The summed E-state index contributed by atoms with van der Waals surface area (Å²) in [6, 6.07) is 13.7. The van der Waals surface area contributed by atoms with E-state index in [1.807, 2.05) is 19.2 Å². The Morgan fingerprint density at radius 1 is 1.09 bits per heavy atom. The van der Waals surface area contributed by atoms with Crippen LogP contribution in [0.25, 0.3) is 22.4 Å². The van der Waals surface area contributed by atoms with Crippen molar-refractivity contribution < 1.29 is 18.0 Å². The Bertz CT molecular complexity index is 1350. The summed E-state index contributed by atoms with van der Waals surface area (Å²) >= 11 is 1.53. The molecule has 4 rings (SSSR count). The molecular weight excluding hydrogens is 473 g/mol. The van der Waals surface area contributed by atoms with E-state index < -0.39 is 11.7 Å². The number of carbonyl (C=O) groups excluding carboxylic acids is 1. The summed E-state index contributed by atoms with van der Waals surface area (Å²) in [4.78, 5) is 21.4. The molecule has 35 heavy (non-hydrogen) atoms. The van der Waals surface area contributed by atoms with Crippen LogP contribution in [0.4, 0.5) is 13.2 Å². The van der Waals surface area contributed by atoms with E-state index in [-0.39, 0.29) is 24.2 Å². The van der Waals surface area contributed by atoms with E-state index >= 15 is 0 Å². The third-order valence-electron chi connectivity index (χ3n) is 5.63. The van der Waals surface area contributed by atoms with Gasteiger partial charge in [-0.1, -0.05) is 30.3 Å². The largest absolute Gasteiger partial charge is 0.416 e. The molecule has 0 radical (unpaired) electrons. The fourth-order valence-electron chi connectivity index (χ4n) is 3.71. The van der Waals surface area contributed by atoms with E-state index in [9.17, 15) is 18.0 Å². The number of amides is 1. The monoisotopic (exact) mass is 496 g/mol. The normalized spacial score (nSPS) is 12.4. The first-order valence-corrected chi connectivity index (χ1v) is 11.7. The van der Waals surface area contributed by atoms with E-state index in [4.69, 9.17) is 5.73 Å². The van der Waals surface area contributed by atoms with Gasteiger partial charge in [0.2, 0.25) is 0 Å². The van der Waals surface area contributed by atoms with Crippen molar-refractivity contribution in [1.82, 2.24) is 15.3 Å². The fourth-order valence-corrected chi connectivity index (χ4v) is 4.34. The van der Waals surface area contributed by atoms with Crippen LogP contribution in [0.15, 0.2) is 66.2 Å². The number of nitrogens with zero attached hydrogens (tertiary/aromatic N) is 2.